The minimum atomic E-state index is -0.496. The first kappa shape index (κ1) is 42.7. The van der Waals surface area contributed by atoms with Crippen LogP contribution in [0.1, 0.15) is 116 Å². The molecule has 6 nitrogen and oxygen atoms in total. The van der Waals surface area contributed by atoms with Gasteiger partial charge in [0.1, 0.15) is 5.82 Å². The second-order valence-corrected chi connectivity index (χ2v) is 24.2. The molecule has 0 radical (unpaired) electrons. The summed E-state index contributed by atoms with van der Waals surface area (Å²) in [6.45, 7) is 28.9. The number of anilines is 4. The molecule has 1 aliphatic rings. The minimum Gasteiger partial charge on any atom is -0.509 e. The predicted molar refractivity (Wildman–Crippen MR) is 319 cm³/mol. The molecule has 12 rings (SSSR count). The van der Waals surface area contributed by atoms with E-state index in [0.717, 1.165) is 55.7 Å². The molecule has 0 spiro atoms. The summed E-state index contributed by atoms with van der Waals surface area (Å²) in [5.74, 6) is 1.51. The number of fused-ring (bicyclic) bond motifs is 7. The zero-order valence-corrected chi connectivity index (χ0v) is 47.9. The zero-order valence-electron chi connectivity index (χ0n) is 53.7. The van der Waals surface area contributed by atoms with Crippen molar-refractivity contribution in [3.8, 4) is 34.1 Å². The molecular formula is C70H66N5OPt-3. The number of para-hydroxylation sites is 4. The average Bonchev–Trinajstić information content (AvgIpc) is 1.64. The molecule has 7 heteroatoms. The van der Waals surface area contributed by atoms with Crippen molar-refractivity contribution in [3.63, 3.8) is 0 Å². The van der Waals surface area contributed by atoms with Crippen molar-refractivity contribution in [2.75, 3.05) is 9.80 Å². The first-order chi connectivity index (χ1) is 39.5. The van der Waals surface area contributed by atoms with E-state index < -0.39 is 36.3 Å². The van der Waals surface area contributed by atoms with Crippen LogP contribution in [0.2, 0.25) is 0 Å². The van der Waals surface area contributed by atoms with Gasteiger partial charge in [-0.3, -0.25) is 0 Å². The Kier molecular flexibility index (Phi) is 10.5. The number of aromatic nitrogens is 3. The standard InChI is InChI=1S/C70H66N5O.Pt/c1-67(2,3)46-22-19-21-45(35-46)58-43-71-66(42-59(58)70(10,11)12)75-62-34-31-50(74-60-27-15-13-25-54(60)55-26-14-16-28-61(55)74)40-57(62)56-33-32-53(41-65(56)75)76-52-24-20-23-49(39-52)72-44-73(64-30-18-17-29-63(64)72)51-37-47(68(4,5)6)36-48(38-51)69(7,8)9;/h13-38,40,42-44H,1-12H3;/q-3;/i13D,14D,15D,16D,25D,26D,27D,28D;. The molecule has 0 bridgehead atoms. The van der Waals surface area contributed by atoms with Gasteiger partial charge in [-0.05, 0) is 115 Å². The molecule has 0 atom stereocenters. The van der Waals surface area contributed by atoms with Crippen LogP contribution in [0.3, 0.4) is 0 Å². The summed E-state index contributed by atoms with van der Waals surface area (Å²) in [6.07, 6.45) is 1.95. The Morgan fingerprint density at radius 3 is 1.77 bits per heavy atom. The van der Waals surface area contributed by atoms with Gasteiger partial charge in [0.05, 0.1) is 22.0 Å². The van der Waals surface area contributed by atoms with E-state index in [2.05, 4.69) is 183 Å². The van der Waals surface area contributed by atoms with Gasteiger partial charge in [0, 0.05) is 83.4 Å². The SMILES string of the molecule is [2H]c1c([2H])c([2H])c2c(c1[2H])c1c([2H])c([2H])c([2H])c([2H])c1n2-c1ccc2c(c1)c1ccc(Oc3[c-]c(N4[CH-]N(c5cc(C(C)(C)C)cc(C(C)(C)C)c5)c5ccccc54)ccc3)[c-]c1n2-c1cc(C(C)(C)C)c(-c2cccc(C(C)(C)C)c2)cn1.[Pt]. The third-order valence-corrected chi connectivity index (χ3v) is 14.7. The molecule has 0 aliphatic carbocycles. The quantitative estimate of drug-likeness (QED) is 0.149. The molecule has 11 aromatic rings. The van der Waals surface area contributed by atoms with Crippen LogP contribution < -0.4 is 14.5 Å². The van der Waals surface area contributed by atoms with Crippen molar-refractivity contribution in [1.29, 1.82) is 0 Å². The molecule has 77 heavy (non-hydrogen) atoms. The molecule has 1 aliphatic heterocycles. The van der Waals surface area contributed by atoms with E-state index in [1.807, 2.05) is 60.8 Å². The van der Waals surface area contributed by atoms with E-state index in [1.54, 1.807) is 4.57 Å². The van der Waals surface area contributed by atoms with Crippen LogP contribution in [0.4, 0.5) is 22.7 Å². The van der Waals surface area contributed by atoms with Gasteiger partial charge in [0.2, 0.25) is 0 Å². The number of hydrogen-bond acceptors (Lipinski definition) is 4. The van der Waals surface area contributed by atoms with Crippen LogP contribution in [-0.2, 0) is 42.7 Å². The number of benzene rings is 8. The van der Waals surface area contributed by atoms with Gasteiger partial charge in [-0.15, -0.1) is 48.1 Å². The summed E-state index contributed by atoms with van der Waals surface area (Å²) in [7, 11) is 0. The van der Waals surface area contributed by atoms with Gasteiger partial charge in [-0.2, -0.15) is 12.1 Å². The van der Waals surface area contributed by atoms with Crippen molar-refractivity contribution in [2.45, 2.75) is 105 Å². The van der Waals surface area contributed by atoms with Crippen molar-refractivity contribution >= 4 is 66.4 Å². The number of rotatable bonds is 7. The minimum absolute atomic E-state index is 0. The molecule has 0 N–H and O–H groups in total. The van der Waals surface area contributed by atoms with Crippen molar-refractivity contribution in [2.24, 2.45) is 0 Å². The number of pyridine rings is 1. The molecule has 0 amide bonds. The van der Waals surface area contributed by atoms with E-state index in [-0.39, 0.29) is 76.6 Å². The summed E-state index contributed by atoms with van der Waals surface area (Å²) in [5, 5.41) is 1.51. The van der Waals surface area contributed by atoms with E-state index in [9.17, 15) is 2.74 Å². The van der Waals surface area contributed by atoms with Gasteiger partial charge in [0.15, 0.2) is 0 Å². The van der Waals surface area contributed by atoms with Crippen LogP contribution in [0.15, 0.2) is 176 Å². The average molecular weight is 1200 g/mol. The van der Waals surface area contributed by atoms with Gasteiger partial charge in [-0.1, -0.05) is 167 Å². The maximum Gasteiger partial charge on any atom is 0.135 e. The van der Waals surface area contributed by atoms with E-state index in [0.29, 0.717) is 28.5 Å². The summed E-state index contributed by atoms with van der Waals surface area (Å²) < 4.78 is 81.8. The second-order valence-electron chi connectivity index (χ2n) is 24.2. The Morgan fingerprint density at radius 2 is 1.12 bits per heavy atom. The Balaban J connectivity index is 0.00000752. The maximum absolute atomic E-state index is 9.24. The van der Waals surface area contributed by atoms with Gasteiger partial charge in [-0.25, -0.2) is 4.98 Å². The van der Waals surface area contributed by atoms with Gasteiger partial charge < -0.3 is 23.7 Å². The van der Waals surface area contributed by atoms with E-state index in [4.69, 9.17) is 17.9 Å². The largest absolute Gasteiger partial charge is 0.509 e. The van der Waals surface area contributed by atoms with Crippen molar-refractivity contribution < 1.29 is 36.8 Å². The molecule has 0 saturated heterocycles. The molecule has 3 aromatic heterocycles. The molecule has 0 unspecified atom stereocenters. The summed E-state index contributed by atoms with van der Waals surface area (Å²) in [4.78, 5) is 9.64. The first-order valence-corrected chi connectivity index (χ1v) is 26.0. The normalized spacial score (nSPS) is 14.7. The summed E-state index contributed by atoms with van der Waals surface area (Å²) >= 11 is 0. The fourth-order valence-corrected chi connectivity index (χ4v) is 10.5. The number of nitrogens with zero attached hydrogens (tertiary/aromatic N) is 5. The molecule has 390 valence electrons. The second kappa shape index (κ2) is 19.0. The number of hydrogen-bond donors (Lipinski definition) is 0. The fraction of sp³-hybridized carbons (Fsp3) is 0.229. The first-order valence-electron chi connectivity index (χ1n) is 30.0. The number of ether oxygens (including phenoxy) is 1. The van der Waals surface area contributed by atoms with E-state index >= 15 is 0 Å². The van der Waals surface area contributed by atoms with E-state index in [1.165, 1.54) is 16.7 Å². The molecule has 4 heterocycles. The van der Waals surface area contributed by atoms with Crippen LogP contribution in [-0.4, -0.2) is 14.1 Å². The summed E-state index contributed by atoms with van der Waals surface area (Å²) in [6, 6.07) is 45.1. The third kappa shape index (κ3) is 9.33. The Morgan fingerprint density at radius 1 is 0.494 bits per heavy atom. The summed E-state index contributed by atoms with van der Waals surface area (Å²) in [5.41, 5.74) is 12.1. The fourth-order valence-electron chi connectivity index (χ4n) is 10.5. The Labute approximate surface area is 480 Å². The maximum atomic E-state index is 9.24. The molecule has 8 aromatic carbocycles. The van der Waals surface area contributed by atoms with Crippen LogP contribution in [0.5, 0.6) is 11.5 Å². The monoisotopic (exact) mass is 1200 g/mol. The smallest absolute Gasteiger partial charge is 0.135 e. The third-order valence-electron chi connectivity index (χ3n) is 14.7. The molecule has 0 saturated carbocycles. The van der Waals surface area contributed by atoms with Crippen LogP contribution in [0.25, 0.3) is 66.2 Å². The topological polar surface area (TPSA) is 38.5 Å². The van der Waals surface area contributed by atoms with Crippen LogP contribution >= 0.6 is 0 Å². The van der Waals surface area contributed by atoms with Crippen molar-refractivity contribution in [3.05, 3.63) is 217 Å². The predicted octanol–water partition coefficient (Wildman–Crippen LogP) is 18.9. The zero-order chi connectivity index (χ0) is 60.0. The van der Waals surface area contributed by atoms with Gasteiger partial charge in [0.25, 0.3) is 0 Å². The molecule has 0 fully saturated rings. The molecular weight excluding hydrogens is 1120 g/mol. The Hall–Kier alpha value is -7.40. The Bertz CT molecular complexity index is 4450. The van der Waals surface area contributed by atoms with Crippen LogP contribution in [0, 0.1) is 18.8 Å². The van der Waals surface area contributed by atoms with Gasteiger partial charge >= 0.3 is 0 Å². The van der Waals surface area contributed by atoms with Crippen molar-refractivity contribution in [1.82, 2.24) is 14.1 Å².